The maximum absolute atomic E-state index is 14.1. The molecule has 0 aliphatic heterocycles. The first kappa shape index (κ1) is 16.4. The molecule has 0 saturated heterocycles. The molecule has 0 radical (unpaired) electrons. The molecule has 9 heteroatoms. The summed E-state index contributed by atoms with van der Waals surface area (Å²) < 4.78 is 16.7. The van der Waals surface area contributed by atoms with Crippen LogP contribution in [0.25, 0.3) is 5.69 Å². The maximum Gasteiger partial charge on any atom is 0.328 e. The molecule has 0 aliphatic carbocycles. The normalized spacial score (nSPS) is 10.6. The molecule has 1 amide bonds. The van der Waals surface area contributed by atoms with Crippen LogP contribution in [0.5, 0.6) is 0 Å². The lowest BCUT2D eigenvalue weighted by Crippen LogP contribution is -2.35. The number of hydrogen-bond acceptors (Lipinski definition) is 4. The van der Waals surface area contributed by atoms with Crippen molar-refractivity contribution in [1.29, 1.82) is 0 Å². The third kappa shape index (κ3) is 3.89. The molecule has 3 rings (SSSR count). The Bertz CT molecular complexity index is 1010. The average Bonchev–Trinajstić information content (AvgIpc) is 3.10. The van der Waals surface area contributed by atoms with Gasteiger partial charge in [-0.3, -0.25) is 19.1 Å². The fraction of sp³-hybridized carbons (Fsp3) is 0.125. The maximum atomic E-state index is 14.1. The second-order valence-electron chi connectivity index (χ2n) is 5.27. The molecule has 3 aromatic rings. The van der Waals surface area contributed by atoms with Crippen LogP contribution in [0.3, 0.4) is 0 Å². The molecule has 25 heavy (non-hydrogen) atoms. The molecule has 2 aromatic heterocycles. The van der Waals surface area contributed by atoms with Gasteiger partial charge in [0.25, 0.3) is 5.56 Å². The van der Waals surface area contributed by atoms with Crippen molar-refractivity contribution in [2.45, 2.75) is 13.1 Å². The molecule has 0 fully saturated rings. The summed E-state index contributed by atoms with van der Waals surface area (Å²) in [6.45, 7) is -0.136. The number of aromatic amines is 1. The van der Waals surface area contributed by atoms with Crippen LogP contribution in [-0.4, -0.2) is 25.0 Å². The van der Waals surface area contributed by atoms with Gasteiger partial charge in [-0.15, -0.1) is 0 Å². The molecular formula is C16H14FN5O3. The quantitative estimate of drug-likeness (QED) is 0.690. The monoisotopic (exact) mass is 343 g/mol. The van der Waals surface area contributed by atoms with Gasteiger partial charge >= 0.3 is 5.69 Å². The lowest BCUT2D eigenvalue weighted by Gasteiger charge is -2.09. The molecule has 0 saturated carbocycles. The fourth-order valence-electron chi connectivity index (χ4n) is 2.25. The third-order valence-electron chi connectivity index (χ3n) is 3.50. The van der Waals surface area contributed by atoms with Gasteiger partial charge in [-0.25, -0.2) is 14.2 Å². The van der Waals surface area contributed by atoms with Gasteiger partial charge in [0.1, 0.15) is 12.4 Å². The van der Waals surface area contributed by atoms with E-state index in [1.165, 1.54) is 18.6 Å². The van der Waals surface area contributed by atoms with Crippen LogP contribution in [0.1, 0.15) is 5.56 Å². The second kappa shape index (κ2) is 6.95. The van der Waals surface area contributed by atoms with Crippen molar-refractivity contribution in [2.75, 3.05) is 0 Å². The molecule has 0 aliphatic rings. The van der Waals surface area contributed by atoms with Gasteiger partial charge < -0.3 is 9.88 Å². The van der Waals surface area contributed by atoms with Crippen molar-refractivity contribution in [3.8, 4) is 5.69 Å². The minimum absolute atomic E-state index is 0.109. The summed E-state index contributed by atoms with van der Waals surface area (Å²) in [5.41, 5.74) is -0.274. The smallest absolute Gasteiger partial charge is 0.328 e. The van der Waals surface area contributed by atoms with E-state index in [-0.39, 0.29) is 13.1 Å². The molecule has 0 unspecified atom stereocenters. The van der Waals surface area contributed by atoms with E-state index >= 15 is 0 Å². The van der Waals surface area contributed by atoms with Crippen LogP contribution >= 0.6 is 0 Å². The molecule has 8 nitrogen and oxygen atoms in total. The van der Waals surface area contributed by atoms with Crippen molar-refractivity contribution < 1.29 is 9.18 Å². The minimum Gasteiger partial charge on any atom is -0.350 e. The molecule has 0 spiro atoms. The SMILES string of the molecule is O=C(Cn1ccc(=O)[nH]c1=O)NCc1ccc(-n2ccnc2)c(F)c1. The van der Waals surface area contributed by atoms with E-state index in [0.29, 0.717) is 11.3 Å². The largest absolute Gasteiger partial charge is 0.350 e. The van der Waals surface area contributed by atoms with E-state index in [1.54, 1.807) is 29.1 Å². The summed E-state index contributed by atoms with van der Waals surface area (Å²) in [5.74, 6) is -0.880. The Morgan fingerprint density at radius 2 is 2.08 bits per heavy atom. The Labute approximate surface area is 140 Å². The number of H-pyrrole nitrogens is 1. The van der Waals surface area contributed by atoms with E-state index in [0.717, 1.165) is 10.6 Å². The van der Waals surface area contributed by atoms with Gasteiger partial charge in [-0.2, -0.15) is 0 Å². The zero-order chi connectivity index (χ0) is 17.8. The van der Waals surface area contributed by atoms with Gasteiger partial charge in [0.2, 0.25) is 5.91 Å². The standard InChI is InChI=1S/C16H14FN5O3/c17-12-7-11(1-2-13(12)22-6-4-18-10-22)8-19-15(24)9-21-5-3-14(23)20-16(21)25/h1-7,10H,8-9H2,(H,19,24)(H,20,23,25). The van der Waals surface area contributed by atoms with Crippen LogP contribution in [0.4, 0.5) is 4.39 Å². The average molecular weight is 343 g/mol. The number of halogens is 1. The molecule has 0 bridgehead atoms. The first-order valence-corrected chi connectivity index (χ1v) is 7.36. The number of imidazole rings is 1. The van der Waals surface area contributed by atoms with Crippen LogP contribution < -0.4 is 16.6 Å². The molecule has 1 aromatic carbocycles. The minimum atomic E-state index is -0.668. The van der Waals surface area contributed by atoms with Gasteiger partial charge in [0.15, 0.2) is 0 Å². The number of aromatic nitrogens is 4. The number of hydrogen-bond donors (Lipinski definition) is 2. The highest BCUT2D eigenvalue weighted by atomic mass is 19.1. The predicted octanol–water partition coefficient (Wildman–Crippen LogP) is 0.178. The van der Waals surface area contributed by atoms with Crippen LogP contribution in [0, 0.1) is 5.82 Å². The van der Waals surface area contributed by atoms with Gasteiger partial charge in [0, 0.05) is 31.2 Å². The number of amides is 1. The topological polar surface area (TPSA) is 102 Å². The highest BCUT2D eigenvalue weighted by Crippen LogP contribution is 2.14. The first-order chi connectivity index (χ1) is 12.0. The fourth-order valence-corrected chi connectivity index (χ4v) is 2.25. The van der Waals surface area contributed by atoms with E-state index in [4.69, 9.17) is 0 Å². The third-order valence-corrected chi connectivity index (χ3v) is 3.50. The number of nitrogens with one attached hydrogen (secondary N) is 2. The van der Waals surface area contributed by atoms with E-state index in [9.17, 15) is 18.8 Å². The van der Waals surface area contributed by atoms with Gasteiger partial charge in [-0.05, 0) is 17.7 Å². The first-order valence-electron chi connectivity index (χ1n) is 7.36. The molecule has 2 heterocycles. The van der Waals surface area contributed by atoms with E-state index in [1.807, 2.05) is 0 Å². The van der Waals surface area contributed by atoms with Crippen molar-refractivity contribution in [3.05, 3.63) is 81.4 Å². The molecule has 2 N–H and O–H groups in total. The van der Waals surface area contributed by atoms with Crippen LogP contribution in [0.15, 0.2) is 58.8 Å². The van der Waals surface area contributed by atoms with Crippen LogP contribution in [0.2, 0.25) is 0 Å². The molecule has 0 atom stereocenters. The Balaban J connectivity index is 1.63. The van der Waals surface area contributed by atoms with Crippen molar-refractivity contribution in [1.82, 2.24) is 24.4 Å². The van der Waals surface area contributed by atoms with E-state index in [2.05, 4.69) is 15.3 Å². The number of carbonyl (C=O) groups excluding carboxylic acids is 1. The summed E-state index contributed by atoms with van der Waals surface area (Å²) in [5, 5.41) is 2.59. The Kier molecular flexibility index (Phi) is 4.55. The van der Waals surface area contributed by atoms with Crippen LogP contribution in [-0.2, 0) is 17.9 Å². The summed E-state index contributed by atoms with van der Waals surface area (Å²) in [6.07, 6.45) is 5.90. The zero-order valence-corrected chi connectivity index (χ0v) is 13.0. The lowest BCUT2D eigenvalue weighted by molar-refractivity contribution is -0.121. The van der Waals surface area contributed by atoms with Gasteiger partial charge in [-0.1, -0.05) is 6.07 Å². The highest BCUT2D eigenvalue weighted by molar-refractivity contribution is 5.75. The Hall–Kier alpha value is -3.49. The van der Waals surface area contributed by atoms with Crippen molar-refractivity contribution in [3.63, 3.8) is 0 Å². The number of carbonyl (C=O) groups is 1. The van der Waals surface area contributed by atoms with Crippen molar-refractivity contribution in [2.24, 2.45) is 0 Å². The summed E-state index contributed by atoms with van der Waals surface area (Å²) in [4.78, 5) is 40.3. The predicted molar refractivity (Wildman–Crippen MR) is 86.7 cm³/mol. The Morgan fingerprint density at radius 1 is 1.24 bits per heavy atom. The Morgan fingerprint density at radius 3 is 2.76 bits per heavy atom. The number of nitrogens with zero attached hydrogens (tertiary/aromatic N) is 3. The second-order valence-corrected chi connectivity index (χ2v) is 5.27. The van der Waals surface area contributed by atoms with Gasteiger partial charge in [0.05, 0.1) is 12.0 Å². The number of rotatable bonds is 5. The van der Waals surface area contributed by atoms with E-state index < -0.39 is 23.0 Å². The summed E-state index contributed by atoms with van der Waals surface area (Å²) in [6, 6.07) is 5.75. The highest BCUT2D eigenvalue weighted by Gasteiger charge is 2.08. The summed E-state index contributed by atoms with van der Waals surface area (Å²) >= 11 is 0. The lowest BCUT2D eigenvalue weighted by atomic mass is 10.2. The van der Waals surface area contributed by atoms with Crippen molar-refractivity contribution >= 4 is 5.91 Å². The number of benzene rings is 1. The zero-order valence-electron chi connectivity index (χ0n) is 13.0. The molecular weight excluding hydrogens is 329 g/mol. The molecule has 128 valence electrons. The summed E-state index contributed by atoms with van der Waals surface area (Å²) in [7, 11) is 0.